The number of hydrogen-bond donors (Lipinski definition) is 0. The van der Waals surface area contributed by atoms with Crippen molar-refractivity contribution < 1.29 is 4.79 Å². The highest BCUT2D eigenvalue weighted by atomic mass is 16.1. The van der Waals surface area contributed by atoms with E-state index >= 15 is 0 Å². The van der Waals surface area contributed by atoms with Crippen molar-refractivity contribution in [3.05, 3.63) is 47.0 Å². The topological polar surface area (TPSA) is 44.1 Å². The number of rotatable bonds is 2. The number of carbonyl (C=O) groups is 1. The predicted octanol–water partition coefficient (Wildman–Crippen LogP) is 3.57. The van der Waals surface area contributed by atoms with Gasteiger partial charge in [0.15, 0.2) is 5.78 Å². The minimum absolute atomic E-state index is 0.0481. The molecule has 0 aromatic heterocycles. The number of ketones is 1. The van der Waals surface area contributed by atoms with Gasteiger partial charge in [-0.1, -0.05) is 24.8 Å². The summed E-state index contributed by atoms with van der Waals surface area (Å²) in [5.74, 6) is -0.0481. The lowest BCUT2D eigenvalue weighted by atomic mass is 9.85. The number of allylic oxidation sites excluding steroid dienone is 1. The maximum absolute atomic E-state index is 12.4. The molecular weight excluding hydrogens is 284 g/mol. The molecule has 4 rings (SSSR count). The lowest BCUT2D eigenvalue weighted by Crippen LogP contribution is -2.36. The zero-order valence-corrected chi connectivity index (χ0v) is 13.3. The molecule has 3 aliphatic rings. The maximum atomic E-state index is 12.4. The van der Waals surface area contributed by atoms with Crippen molar-refractivity contribution in [1.82, 2.24) is 4.90 Å². The normalized spacial score (nSPS) is 21.9. The van der Waals surface area contributed by atoms with Crippen LogP contribution >= 0.6 is 0 Å². The number of carbonyl (C=O) groups excluding carboxylic acids is 1. The van der Waals surface area contributed by atoms with Gasteiger partial charge in [0.2, 0.25) is 0 Å². The first kappa shape index (κ1) is 14.3. The predicted molar refractivity (Wildman–Crippen MR) is 90.3 cm³/mol. The van der Waals surface area contributed by atoms with Crippen LogP contribution in [-0.2, 0) is 11.2 Å². The zero-order valence-electron chi connectivity index (χ0n) is 13.3. The van der Waals surface area contributed by atoms with E-state index in [-0.39, 0.29) is 5.78 Å². The molecule has 1 aromatic rings. The van der Waals surface area contributed by atoms with Gasteiger partial charge in [0.1, 0.15) is 11.6 Å². The summed E-state index contributed by atoms with van der Waals surface area (Å²) in [6, 6.07) is 8.25. The van der Waals surface area contributed by atoms with Crippen LogP contribution in [0.4, 0.5) is 0 Å². The van der Waals surface area contributed by atoms with E-state index < -0.39 is 0 Å². The van der Waals surface area contributed by atoms with Crippen LogP contribution in [0.1, 0.15) is 42.4 Å². The molecule has 0 bridgehead atoms. The van der Waals surface area contributed by atoms with Gasteiger partial charge in [-0.15, -0.1) is 0 Å². The molecule has 116 valence electrons. The monoisotopic (exact) mass is 304 g/mol. The van der Waals surface area contributed by atoms with Crippen molar-refractivity contribution in [2.45, 2.75) is 32.1 Å². The van der Waals surface area contributed by atoms with Gasteiger partial charge >= 0.3 is 0 Å². The minimum Gasteiger partial charge on any atom is -0.370 e. The highest BCUT2D eigenvalue weighted by molar-refractivity contribution is 6.10. The molecule has 3 heteroatoms. The second kappa shape index (κ2) is 5.09. The first-order valence-corrected chi connectivity index (χ1v) is 8.34. The van der Waals surface area contributed by atoms with E-state index in [1.54, 1.807) is 0 Å². The summed E-state index contributed by atoms with van der Waals surface area (Å²) in [7, 11) is 0. The number of fused-ring (bicyclic) bond motifs is 1. The van der Waals surface area contributed by atoms with Gasteiger partial charge in [-0.2, -0.15) is 5.26 Å². The number of likely N-dealkylation sites (tertiary alicyclic amines) is 1. The lowest BCUT2D eigenvalue weighted by Gasteiger charge is -2.37. The molecule has 0 N–H and O–H groups in total. The van der Waals surface area contributed by atoms with E-state index in [9.17, 15) is 10.1 Å². The quantitative estimate of drug-likeness (QED) is 0.839. The molecule has 3 nitrogen and oxygen atoms in total. The van der Waals surface area contributed by atoms with E-state index in [1.165, 1.54) is 25.7 Å². The molecule has 1 saturated heterocycles. The largest absolute Gasteiger partial charge is 0.370 e. The van der Waals surface area contributed by atoms with Gasteiger partial charge in [-0.05, 0) is 48.3 Å². The van der Waals surface area contributed by atoms with Gasteiger partial charge < -0.3 is 4.90 Å². The Morgan fingerprint density at radius 2 is 1.96 bits per heavy atom. The summed E-state index contributed by atoms with van der Waals surface area (Å²) in [5.41, 5.74) is 4.88. The number of Topliss-reactive ketones (excluding diaryl/α,β-unsaturated/α-hetero) is 1. The second-order valence-electron chi connectivity index (χ2n) is 7.04. The van der Waals surface area contributed by atoms with Crippen LogP contribution < -0.4 is 0 Å². The Morgan fingerprint density at radius 1 is 1.22 bits per heavy atom. The molecular formula is C20H20N2O. The highest BCUT2D eigenvalue weighted by Crippen LogP contribution is 2.54. The SMILES string of the molecule is C=Cc1ccc2c(c1)C(N1CCC3(CC1)CC3)=C(C#N)C(=O)C2. The van der Waals surface area contributed by atoms with Crippen molar-refractivity contribution in [2.75, 3.05) is 13.1 Å². The molecule has 0 atom stereocenters. The Balaban J connectivity index is 1.79. The number of hydrogen-bond acceptors (Lipinski definition) is 3. The van der Waals surface area contributed by atoms with Crippen molar-refractivity contribution >= 4 is 17.6 Å². The Morgan fingerprint density at radius 3 is 2.57 bits per heavy atom. The van der Waals surface area contributed by atoms with Crippen LogP contribution in [0.2, 0.25) is 0 Å². The third kappa shape index (κ3) is 2.30. The number of piperidine rings is 1. The van der Waals surface area contributed by atoms with Crippen molar-refractivity contribution in [3.8, 4) is 6.07 Å². The second-order valence-corrected chi connectivity index (χ2v) is 7.04. The Hall–Kier alpha value is -2.34. The molecule has 0 unspecified atom stereocenters. The van der Waals surface area contributed by atoms with Crippen molar-refractivity contribution in [3.63, 3.8) is 0 Å². The van der Waals surface area contributed by atoms with Crippen molar-refractivity contribution in [2.24, 2.45) is 5.41 Å². The molecule has 2 fully saturated rings. The average molecular weight is 304 g/mol. The molecule has 0 radical (unpaired) electrons. The Labute approximate surface area is 136 Å². The summed E-state index contributed by atoms with van der Waals surface area (Å²) in [4.78, 5) is 14.7. The molecule has 1 aliphatic heterocycles. The van der Waals surface area contributed by atoms with E-state index in [2.05, 4.69) is 23.6 Å². The molecule has 1 spiro atoms. The molecule has 1 aromatic carbocycles. The maximum Gasteiger partial charge on any atom is 0.179 e. The molecule has 0 amide bonds. The Bertz CT molecular complexity index is 767. The van der Waals surface area contributed by atoms with Gasteiger partial charge in [-0.25, -0.2) is 0 Å². The first-order valence-electron chi connectivity index (χ1n) is 8.34. The van der Waals surface area contributed by atoms with Crippen LogP contribution in [0.3, 0.4) is 0 Å². The van der Waals surface area contributed by atoms with Crippen LogP contribution in [0.5, 0.6) is 0 Å². The number of nitrogens with zero attached hydrogens (tertiary/aromatic N) is 2. The van der Waals surface area contributed by atoms with Crippen LogP contribution in [-0.4, -0.2) is 23.8 Å². The van der Waals surface area contributed by atoms with Crippen LogP contribution in [0.25, 0.3) is 11.8 Å². The summed E-state index contributed by atoms with van der Waals surface area (Å²) in [6.45, 7) is 5.74. The fraction of sp³-hybridized carbons (Fsp3) is 0.400. The number of benzene rings is 1. The molecule has 1 saturated carbocycles. The summed E-state index contributed by atoms with van der Waals surface area (Å²) in [6.07, 6.45) is 7.20. The number of nitriles is 1. The molecule has 1 heterocycles. The third-order valence-electron chi connectivity index (χ3n) is 5.70. The standard InChI is InChI=1S/C20H20N2O/c1-2-14-3-4-15-12-18(23)17(13-21)19(16(15)11-14)22-9-7-20(5-6-20)8-10-22/h2-4,11H,1,5-10,12H2. The van der Waals surface area contributed by atoms with E-state index in [0.29, 0.717) is 17.4 Å². The lowest BCUT2D eigenvalue weighted by molar-refractivity contribution is -0.114. The average Bonchev–Trinajstić information content (AvgIpc) is 3.33. The third-order valence-corrected chi connectivity index (χ3v) is 5.70. The van der Waals surface area contributed by atoms with E-state index in [4.69, 9.17) is 0 Å². The fourth-order valence-corrected chi connectivity index (χ4v) is 3.95. The summed E-state index contributed by atoms with van der Waals surface area (Å²) in [5, 5.41) is 9.55. The van der Waals surface area contributed by atoms with Gasteiger partial charge in [-0.3, -0.25) is 4.79 Å². The zero-order chi connectivity index (χ0) is 16.0. The van der Waals surface area contributed by atoms with Gasteiger partial charge in [0.25, 0.3) is 0 Å². The van der Waals surface area contributed by atoms with Gasteiger partial charge in [0.05, 0.1) is 5.70 Å². The first-order chi connectivity index (χ1) is 11.2. The highest BCUT2D eigenvalue weighted by Gasteiger charge is 2.45. The van der Waals surface area contributed by atoms with E-state index in [1.807, 2.05) is 18.2 Å². The smallest absolute Gasteiger partial charge is 0.179 e. The summed E-state index contributed by atoms with van der Waals surface area (Å²) < 4.78 is 0. The van der Waals surface area contributed by atoms with Crippen LogP contribution in [0, 0.1) is 16.7 Å². The fourth-order valence-electron chi connectivity index (χ4n) is 3.95. The van der Waals surface area contributed by atoms with Crippen LogP contribution in [0.15, 0.2) is 30.4 Å². The van der Waals surface area contributed by atoms with Crippen molar-refractivity contribution in [1.29, 1.82) is 5.26 Å². The minimum atomic E-state index is -0.0481. The molecule has 23 heavy (non-hydrogen) atoms. The Kier molecular flexibility index (Phi) is 3.16. The molecule has 2 aliphatic carbocycles. The summed E-state index contributed by atoms with van der Waals surface area (Å²) >= 11 is 0. The van der Waals surface area contributed by atoms with E-state index in [0.717, 1.165) is 35.5 Å². The van der Waals surface area contributed by atoms with Gasteiger partial charge in [0, 0.05) is 25.1 Å².